The quantitative estimate of drug-likeness (QED) is 0.148. The molecule has 0 radical (unpaired) electrons. The van der Waals surface area contributed by atoms with Crippen molar-refractivity contribution in [2.75, 3.05) is 6.61 Å². The fraction of sp³-hybridized carbons (Fsp3) is 0.864. The largest absolute Gasteiger partial charge is 0.465 e. The van der Waals surface area contributed by atoms with Gasteiger partial charge in [-0.15, -0.1) is 0 Å². The Balaban J connectivity index is 3.13. The summed E-state index contributed by atoms with van der Waals surface area (Å²) in [7, 11) is 0. The van der Waals surface area contributed by atoms with E-state index in [9.17, 15) is 4.79 Å². The van der Waals surface area contributed by atoms with Gasteiger partial charge in [0.05, 0.1) is 6.61 Å². The second-order valence-electron chi connectivity index (χ2n) is 6.88. The molecule has 142 valence electrons. The summed E-state index contributed by atoms with van der Waals surface area (Å²) in [6.45, 7) is 4.92. The van der Waals surface area contributed by atoms with E-state index in [0.717, 1.165) is 19.3 Å². The number of hydrogen-bond acceptors (Lipinski definition) is 2. The lowest BCUT2D eigenvalue weighted by Gasteiger charge is -2.04. The molecule has 0 heterocycles. The molecule has 0 N–H and O–H groups in total. The van der Waals surface area contributed by atoms with E-state index in [0.29, 0.717) is 13.0 Å². The molecule has 0 aromatic rings. The highest BCUT2D eigenvalue weighted by molar-refractivity contribution is 5.69. The molecule has 24 heavy (non-hydrogen) atoms. The highest BCUT2D eigenvalue weighted by Crippen LogP contribution is 2.13. The van der Waals surface area contributed by atoms with Gasteiger partial charge < -0.3 is 4.74 Å². The molecule has 0 aliphatic carbocycles. The van der Waals surface area contributed by atoms with Crippen LogP contribution in [0.15, 0.2) is 12.2 Å². The standard InChI is InChI=1S/C22H42O2/c1-3-5-7-9-10-11-12-13-14-15-16-17-18-20-22(23)24-21-19-8-6-4-2/h6,8H,3-5,7,9-21H2,1-2H3/b8-6-. The van der Waals surface area contributed by atoms with E-state index in [4.69, 9.17) is 4.74 Å². The van der Waals surface area contributed by atoms with Crippen molar-refractivity contribution < 1.29 is 9.53 Å². The summed E-state index contributed by atoms with van der Waals surface area (Å²) in [6, 6.07) is 0. The van der Waals surface area contributed by atoms with Crippen LogP contribution in [-0.4, -0.2) is 12.6 Å². The predicted molar refractivity (Wildman–Crippen MR) is 105 cm³/mol. The lowest BCUT2D eigenvalue weighted by molar-refractivity contribution is -0.143. The smallest absolute Gasteiger partial charge is 0.305 e. The van der Waals surface area contributed by atoms with E-state index in [2.05, 4.69) is 26.0 Å². The summed E-state index contributed by atoms with van der Waals surface area (Å²) in [5.74, 6) is -0.0250. The Kier molecular flexibility index (Phi) is 19.6. The molecule has 0 amide bonds. The first-order valence-electron chi connectivity index (χ1n) is 10.6. The maximum atomic E-state index is 11.5. The summed E-state index contributed by atoms with van der Waals surface area (Å²) in [5, 5.41) is 0. The SMILES string of the molecule is CC/C=C\CCOC(=O)CCCCCCCCCCCCCCC. The van der Waals surface area contributed by atoms with E-state index < -0.39 is 0 Å². The zero-order chi connectivity index (χ0) is 17.7. The molecule has 2 nitrogen and oxygen atoms in total. The first kappa shape index (κ1) is 23.2. The third-order valence-electron chi connectivity index (χ3n) is 4.43. The summed E-state index contributed by atoms with van der Waals surface area (Å²) in [5.41, 5.74) is 0. The lowest BCUT2D eigenvalue weighted by Crippen LogP contribution is -2.04. The van der Waals surface area contributed by atoms with Gasteiger partial charge >= 0.3 is 5.97 Å². The van der Waals surface area contributed by atoms with E-state index in [1.54, 1.807) is 0 Å². The fourth-order valence-electron chi connectivity index (χ4n) is 2.88. The van der Waals surface area contributed by atoms with Crippen molar-refractivity contribution in [1.82, 2.24) is 0 Å². The molecule has 0 aliphatic heterocycles. The van der Waals surface area contributed by atoms with Crippen molar-refractivity contribution in [2.45, 2.75) is 117 Å². The Morgan fingerprint density at radius 2 is 1.21 bits per heavy atom. The molecule has 2 heteroatoms. The van der Waals surface area contributed by atoms with Gasteiger partial charge in [0.1, 0.15) is 0 Å². The van der Waals surface area contributed by atoms with Gasteiger partial charge in [-0.05, 0) is 19.3 Å². The zero-order valence-electron chi connectivity index (χ0n) is 16.5. The number of carbonyl (C=O) groups excluding carboxylic acids is 1. The van der Waals surface area contributed by atoms with Crippen LogP contribution in [0.4, 0.5) is 0 Å². The maximum absolute atomic E-state index is 11.5. The molecule has 0 aliphatic rings. The number of carbonyl (C=O) groups is 1. The average molecular weight is 339 g/mol. The topological polar surface area (TPSA) is 26.3 Å². The van der Waals surface area contributed by atoms with Crippen molar-refractivity contribution in [3.05, 3.63) is 12.2 Å². The number of allylic oxidation sites excluding steroid dienone is 1. The summed E-state index contributed by atoms with van der Waals surface area (Å²) >= 11 is 0. The van der Waals surface area contributed by atoms with Crippen LogP contribution in [0.3, 0.4) is 0 Å². The second-order valence-corrected chi connectivity index (χ2v) is 6.88. The maximum Gasteiger partial charge on any atom is 0.305 e. The van der Waals surface area contributed by atoms with E-state index in [-0.39, 0.29) is 5.97 Å². The molecule has 0 aromatic heterocycles. The van der Waals surface area contributed by atoms with Gasteiger partial charge in [0.2, 0.25) is 0 Å². The van der Waals surface area contributed by atoms with Crippen LogP contribution in [-0.2, 0) is 9.53 Å². The highest BCUT2D eigenvalue weighted by Gasteiger charge is 2.01. The van der Waals surface area contributed by atoms with E-state index in [1.807, 2.05) is 0 Å². The van der Waals surface area contributed by atoms with Crippen LogP contribution in [0.25, 0.3) is 0 Å². The molecule has 0 atom stereocenters. The van der Waals surface area contributed by atoms with E-state index >= 15 is 0 Å². The first-order valence-corrected chi connectivity index (χ1v) is 10.6. The molecule has 0 aromatic carbocycles. The molecular weight excluding hydrogens is 296 g/mol. The average Bonchev–Trinajstić information content (AvgIpc) is 2.59. The Labute approximate surface area is 151 Å². The van der Waals surface area contributed by atoms with Crippen LogP contribution in [0.1, 0.15) is 117 Å². The van der Waals surface area contributed by atoms with Gasteiger partial charge in [-0.1, -0.05) is 103 Å². The predicted octanol–water partition coefficient (Wildman–Crippen LogP) is 7.37. The molecule has 0 bridgehead atoms. The Morgan fingerprint density at radius 1 is 0.708 bits per heavy atom. The summed E-state index contributed by atoms with van der Waals surface area (Å²) in [4.78, 5) is 11.5. The number of unbranched alkanes of at least 4 members (excludes halogenated alkanes) is 12. The molecule has 0 rings (SSSR count). The minimum atomic E-state index is -0.0250. The van der Waals surface area contributed by atoms with Crippen LogP contribution in [0.2, 0.25) is 0 Å². The summed E-state index contributed by atoms with van der Waals surface area (Å²) < 4.78 is 5.21. The van der Waals surface area contributed by atoms with Gasteiger partial charge in [-0.3, -0.25) is 4.79 Å². The Bertz CT molecular complexity index is 284. The van der Waals surface area contributed by atoms with Gasteiger partial charge in [0, 0.05) is 6.42 Å². The van der Waals surface area contributed by atoms with Gasteiger partial charge in [0.25, 0.3) is 0 Å². The minimum absolute atomic E-state index is 0.0250. The van der Waals surface area contributed by atoms with Crippen molar-refractivity contribution in [3.63, 3.8) is 0 Å². The molecular formula is C22H42O2. The number of hydrogen-bond donors (Lipinski definition) is 0. The normalized spacial score (nSPS) is 11.2. The van der Waals surface area contributed by atoms with Crippen molar-refractivity contribution in [1.29, 1.82) is 0 Å². The van der Waals surface area contributed by atoms with Crippen molar-refractivity contribution in [2.24, 2.45) is 0 Å². The van der Waals surface area contributed by atoms with Crippen LogP contribution >= 0.6 is 0 Å². The zero-order valence-corrected chi connectivity index (χ0v) is 16.5. The Hall–Kier alpha value is -0.790. The molecule has 0 spiro atoms. The van der Waals surface area contributed by atoms with Crippen molar-refractivity contribution >= 4 is 5.97 Å². The van der Waals surface area contributed by atoms with Crippen LogP contribution in [0.5, 0.6) is 0 Å². The molecule has 0 saturated carbocycles. The first-order chi connectivity index (χ1) is 11.8. The van der Waals surface area contributed by atoms with Gasteiger partial charge in [0.15, 0.2) is 0 Å². The monoisotopic (exact) mass is 338 g/mol. The number of esters is 1. The number of rotatable bonds is 18. The molecule has 0 fully saturated rings. The van der Waals surface area contributed by atoms with Crippen molar-refractivity contribution in [3.8, 4) is 0 Å². The fourth-order valence-corrected chi connectivity index (χ4v) is 2.88. The molecule has 0 saturated heterocycles. The van der Waals surface area contributed by atoms with Gasteiger partial charge in [-0.2, -0.15) is 0 Å². The Morgan fingerprint density at radius 3 is 1.71 bits per heavy atom. The number of ether oxygens (including phenoxy) is 1. The third kappa shape index (κ3) is 19.3. The molecule has 0 unspecified atom stereocenters. The minimum Gasteiger partial charge on any atom is -0.465 e. The second kappa shape index (κ2) is 20.3. The summed E-state index contributed by atoms with van der Waals surface area (Å²) in [6.07, 6.45) is 24.0. The van der Waals surface area contributed by atoms with E-state index in [1.165, 1.54) is 77.0 Å². The van der Waals surface area contributed by atoms with Gasteiger partial charge in [-0.25, -0.2) is 0 Å². The van der Waals surface area contributed by atoms with Crippen LogP contribution < -0.4 is 0 Å². The third-order valence-corrected chi connectivity index (χ3v) is 4.43. The van der Waals surface area contributed by atoms with Crippen LogP contribution in [0, 0.1) is 0 Å². The highest BCUT2D eigenvalue weighted by atomic mass is 16.5. The lowest BCUT2D eigenvalue weighted by atomic mass is 10.0.